The molecule has 0 spiro atoms. The second-order valence-electron chi connectivity index (χ2n) is 5.13. The Labute approximate surface area is 141 Å². The van der Waals surface area contributed by atoms with E-state index in [2.05, 4.69) is 5.32 Å². The van der Waals surface area contributed by atoms with Crippen molar-refractivity contribution in [2.45, 2.75) is 20.3 Å². The minimum atomic E-state index is -0.421. The SMILES string of the molecule is CCOc1ccc(CCNc2ccc(C#N)cc2F)cc1OCC. The van der Waals surface area contributed by atoms with E-state index >= 15 is 0 Å². The van der Waals surface area contributed by atoms with E-state index in [-0.39, 0.29) is 0 Å². The summed E-state index contributed by atoms with van der Waals surface area (Å²) < 4.78 is 25.0. The Morgan fingerprint density at radius 2 is 1.79 bits per heavy atom. The highest BCUT2D eigenvalue weighted by Gasteiger charge is 2.07. The molecule has 2 aromatic rings. The number of anilines is 1. The number of ether oxygens (including phenoxy) is 2. The molecule has 0 aliphatic heterocycles. The predicted molar refractivity (Wildman–Crippen MR) is 92.1 cm³/mol. The van der Waals surface area contributed by atoms with Gasteiger partial charge < -0.3 is 14.8 Å². The molecule has 0 saturated carbocycles. The smallest absolute Gasteiger partial charge is 0.161 e. The summed E-state index contributed by atoms with van der Waals surface area (Å²) in [5.74, 6) is 1.03. The van der Waals surface area contributed by atoms with Gasteiger partial charge in [-0.25, -0.2) is 4.39 Å². The van der Waals surface area contributed by atoms with E-state index in [1.54, 1.807) is 12.1 Å². The average Bonchev–Trinajstić information content (AvgIpc) is 2.59. The van der Waals surface area contributed by atoms with E-state index in [4.69, 9.17) is 14.7 Å². The lowest BCUT2D eigenvalue weighted by Crippen LogP contribution is -2.07. The number of halogens is 1. The van der Waals surface area contributed by atoms with Crippen molar-refractivity contribution in [3.63, 3.8) is 0 Å². The van der Waals surface area contributed by atoms with Crippen LogP contribution in [0.2, 0.25) is 0 Å². The molecule has 0 amide bonds. The first-order valence-electron chi connectivity index (χ1n) is 8.00. The summed E-state index contributed by atoms with van der Waals surface area (Å²) in [6.45, 7) is 5.58. The van der Waals surface area contributed by atoms with Gasteiger partial charge in [-0.3, -0.25) is 0 Å². The van der Waals surface area contributed by atoms with Gasteiger partial charge in [0.25, 0.3) is 0 Å². The van der Waals surface area contributed by atoms with Crippen LogP contribution in [0.4, 0.5) is 10.1 Å². The normalized spacial score (nSPS) is 10.1. The van der Waals surface area contributed by atoms with Crippen molar-refractivity contribution in [1.82, 2.24) is 0 Å². The molecular formula is C19H21FN2O2. The molecule has 0 radical (unpaired) electrons. The van der Waals surface area contributed by atoms with Crippen LogP contribution in [-0.4, -0.2) is 19.8 Å². The maximum atomic E-state index is 13.8. The molecule has 0 aromatic heterocycles. The minimum Gasteiger partial charge on any atom is -0.490 e. The Bertz CT molecular complexity index is 726. The summed E-state index contributed by atoms with van der Waals surface area (Å²) in [5.41, 5.74) is 1.78. The zero-order chi connectivity index (χ0) is 17.4. The highest BCUT2D eigenvalue weighted by molar-refractivity contribution is 5.49. The fourth-order valence-electron chi connectivity index (χ4n) is 2.32. The summed E-state index contributed by atoms with van der Waals surface area (Å²) in [4.78, 5) is 0. The first kappa shape index (κ1) is 17.6. The lowest BCUT2D eigenvalue weighted by molar-refractivity contribution is 0.287. The quantitative estimate of drug-likeness (QED) is 0.791. The topological polar surface area (TPSA) is 54.3 Å². The van der Waals surface area contributed by atoms with E-state index in [0.717, 1.165) is 17.1 Å². The van der Waals surface area contributed by atoms with E-state index in [0.29, 0.717) is 37.4 Å². The van der Waals surface area contributed by atoms with Crippen LogP contribution in [0.15, 0.2) is 36.4 Å². The Morgan fingerprint density at radius 3 is 2.46 bits per heavy atom. The predicted octanol–water partition coefficient (Wildman–Crippen LogP) is 4.15. The molecule has 0 atom stereocenters. The highest BCUT2D eigenvalue weighted by Crippen LogP contribution is 2.28. The van der Waals surface area contributed by atoms with Gasteiger partial charge >= 0.3 is 0 Å². The molecule has 0 aliphatic rings. The van der Waals surface area contributed by atoms with Crippen molar-refractivity contribution in [3.05, 3.63) is 53.3 Å². The minimum absolute atomic E-state index is 0.311. The van der Waals surface area contributed by atoms with Gasteiger partial charge in [-0.15, -0.1) is 0 Å². The fourth-order valence-corrected chi connectivity index (χ4v) is 2.32. The highest BCUT2D eigenvalue weighted by atomic mass is 19.1. The lowest BCUT2D eigenvalue weighted by Gasteiger charge is -2.13. The molecule has 0 bridgehead atoms. The molecule has 0 heterocycles. The molecule has 0 aliphatic carbocycles. The Morgan fingerprint density at radius 1 is 1.04 bits per heavy atom. The van der Waals surface area contributed by atoms with Crippen LogP contribution in [0.5, 0.6) is 11.5 Å². The summed E-state index contributed by atoms with van der Waals surface area (Å²) >= 11 is 0. The molecule has 0 unspecified atom stereocenters. The molecule has 0 saturated heterocycles. The van der Waals surface area contributed by atoms with E-state index < -0.39 is 5.82 Å². The van der Waals surface area contributed by atoms with E-state index in [1.165, 1.54) is 6.07 Å². The van der Waals surface area contributed by atoms with Gasteiger partial charge in [0.2, 0.25) is 0 Å². The third-order valence-corrected chi connectivity index (χ3v) is 3.44. The van der Waals surface area contributed by atoms with Crippen LogP contribution >= 0.6 is 0 Å². The van der Waals surface area contributed by atoms with Crippen LogP contribution in [0.3, 0.4) is 0 Å². The molecule has 24 heavy (non-hydrogen) atoms. The molecule has 1 N–H and O–H groups in total. The largest absolute Gasteiger partial charge is 0.490 e. The third kappa shape index (κ3) is 4.63. The maximum Gasteiger partial charge on any atom is 0.161 e. The lowest BCUT2D eigenvalue weighted by atomic mass is 10.1. The van der Waals surface area contributed by atoms with Gasteiger partial charge in [0.1, 0.15) is 5.82 Å². The van der Waals surface area contributed by atoms with Crippen molar-refractivity contribution < 1.29 is 13.9 Å². The molecule has 2 rings (SSSR count). The molecule has 0 fully saturated rings. The van der Waals surface area contributed by atoms with Crippen LogP contribution in [0.1, 0.15) is 25.0 Å². The zero-order valence-corrected chi connectivity index (χ0v) is 13.9. The van der Waals surface area contributed by atoms with Gasteiger partial charge in [-0.1, -0.05) is 6.07 Å². The standard InChI is InChI=1S/C19H21FN2O2/c1-3-23-18-8-6-14(12-19(18)24-4-2)9-10-22-17-7-5-15(13-21)11-16(17)20/h5-8,11-12,22H,3-4,9-10H2,1-2H3. The fraction of sp³-hybridized carbons (Fsp3) is 0.316. The Kier molecular flexibility index (Phi) is 6.44. The summed E-state index contributed by atoms with van der Waals surface area (Å²) in [6.07, 6.45) is 0.714. The van der Waals surface area contributed by atoms with Gasteiger partial charge in [-0.2, -0.15) is 5.26 Å². The van der Waals surface area contributed by atoms with Gasteiger partial charge in [0, 0.05) is 6.54 Å². The number of benzene rings is 2. The number of nitrogens with zero attached hydrogens (tertiary/aromatic N) is 1. The Balaban J connectivity index is 1.99. The second kappa shape index (κ2) is 8.78. The first-order chi connectivity index (χ1) is 11.7. The number of hydrogen-bond donors (Lipinski definition) is 1. The van der Waals surface area contributed by atoms with Gasteiger partial charge in [0.05, 0.1) is 30.5 Å². The zero-order valence-electron chi connectivity index (χ0n) is 13.9. The Hall–Kier alpha value is -2.74. The maximum absolute atomic E-state index is 13.8. The molecule has 126 valence electrons. The number of hydrogen-bond acceptors (Lipinski definition) is 4. The molecule has 2 aromatic carbocycles. The monoisotopic (exact) mass is 328 g/mol. The number of nitrogens with one attached hydrogen (secondary N) is 1. The van der Waals surface area contributed by atoms with E-state index in [1.807, 2.05) is 38.1 Å². The van der Waals surface area contributed by atoms with Crippen molar-refractivity contribution in [2.75, 3.05) is 25.1 Å². The summed E-state index contributed by atoms with van der Waals surface area (Å²) in [5, 5.41) is 11.8. The third-order valence-electron chi connectivity index (χ3n) is 3.44. The molecular weight excluding hydrogens is 307 g/mol. The number of rotatable bonds is 8. The van der Waals surface area contributed by atoms with Gasteiger partial charge in [-0.05, 0) is 56.2 Å². The van der Waals surface area contributed by atoms with Gasteiger partial charge in [0.15, 0.2) is 11.5 Å². The van der Waals surface area contributed by atoms with Crippen LogP contribution in [0, 0.1) is 17.1 Å². The average molecular weight is 328 g/mol. The van der Waals surface area contributed by atoms with Crippen molar-refractivity contribution in [3.8, 4) is 17.6 Å². The first-order valence-corrected chi connectivity index (χ1v) is 8.00. The summed E-state index contributed by atoms with van der Waals surface area (Å²) in [7, 11) is 0. The second-order valence-corrected chi connectivity index (χ2v) is 5.13. The molecule has 5 heteroatoms. The van der Waals surface area contributed by atoms with E-state index in [9.17, 15) is 4.39 Å². The van der Waals surface area contributed by atoms with Crippen molar-refractivity contribution >= 4 is 5.69 Å². The van der Waals surface area contributed by atoms with Crippen LogP contribution in [0.25, 0.3) is 0 Å². The van der Waals surface area contributed by atoms with Crippen molar-refractivity contribution in [2.24, 2.45) is 0 Å². The van der Waals surface area contributed by atoms with Crippen LogP contribution in [-0.2, 0) is 6.42 Å². The number of nitriles is 1. The summed E-state index contributed by atoms with van der Waals surface area (Å²) in [6, 6.07) is 12.1. The van der Waals surface area contributed by atoms with Crippen molar-refractivity contribution in [1.29, 1.82) is 5.26 Å². The molecule has 4 nitrogen and oxygen atoms in total. The van der Waals surface area contributed by atoms with Crippen LogP contribution < -0.4 is 14.8 Å².